The van der Waals surface area contributed by atoms with Crippen molar-refractivity contribution in [1.82, 2.24) is 0 Å². The van der Waals surface area contributed by atoms with E-state index in [0.717, 1.165) is 6.07 Å². The second kappa shape index (κ2) is 2.05. The van der Waals surface area contributed by atoms with Gasteiger partial charge in [0.1, 0.15) is 0 Å². The van der Waals surface area contributed by atoms with Gasteiger partial charge in [-0.05, 0) is 18.6 Å². The van der Waals surface area contributed by atoms with Crippen LogP contribution in [0.5, 0.6) is 5.75 Å². The SMILES string of the molecule is Cc1cccc(F)c1[O]. The molecule has 1 radical (unpaired) electrons. The molecule has 0 aliphatic heterocycles. The number of benzene rings is 1. The van der Waals surface area contributed by atoms with E-state index >= 15 is 0 Å². The molecule has 0 bridgehead atoms. The summed E-state index contributed by atoms with van der Waals surface area (Å²) < 4.78 is 12.3. The Hall–Kier alpha value is -1.05. The van der Waals surface area contributed by atoms with Gasteiger partial charge >= 0.3 is 0 Å². The second-order valence-corrected chi connectivity index (χ2v) is 1.89. The third kappa shape index (κ3) is 1.02. The van der Waals surface area contributed by atoms with Crippen LogP contribution in [0.4, 0.5) is 4.39 Å². The van der Waals surface area contributed by atoms with Crippen molar-refractivity contribution in [2.24, 2.45) is 0 Å². The highest BCUT2D eigenvalue weighted by Gasteiger charge is 2.02. The van der Waals surface area contributed by atoms with Crippen molar-refractivity contribution in [2.75, 3.05) is 0 Å². The van der Waals surface area contributed by atoms with E-state index in [-0.39, 0.29) is 0 Å². The van der Waals surface area contributed by atoms with Gasteiger partial charge in [-0.3, -0.25) is 5.11 Å². The molecule has 0 N–H and O–H groups in total. The highest BCUT2D eigenvalue weighted by Crippen LogP contribution is 2.19. The highest BCUT2D eigenvalue weighted by molar-refractivity contribution is 5.31. The molecule has 0 unspecified atom stereocenters. The Labute approximate surface area is 52.8 Å². The normalized spacial score (nSPS) is 9.56. The van der Waals surface area contributed by atoms with E-state index in [4.69, 9.17) is 0 Å². The molecule has 0 aromatic heterocycles. The molecule has 0 aliphatic carbocycles. The van der Waals surface area contributed by atoms with Crippen molar-refractivity contribution in [3.63, 3.8) is 0 Å². The molecule has 0 fully saturated rings. The summed E-state index contributed by atoms with van der Waals surface area (Å²) in [5.41, 5.74) is 0.454. The molecule has 47 valence electrons. The summed E-state index contributed by atoms with van der Waals surface area (Å²) in [5.74, 6) is -1.17. The molecule has 1 nitrogen and oxygen atoms in total. The Morgan fingerprint density at radius 2 is 2.11 bits per heavy atom. The fourth-order valence-electron chi connectivity index (χ4n) is 0.617. The van der Waals surface area contributed by atoms with Crippen molar-refractivity contribution >= 4 is 0 Å². The predicted octanol–water partition coefficient (Wildman–Crippen LogP) is 2.28. The molecule has 1 aromatic carbocycles. The second-order valence-electron chi connectivity index (χ2n) is 1.89. The molecule has 0 spiro atoms. The van der Waals surface area contributed by atoms with E-state index in [1.807, 2.05) is 0 Å². The molecule has 2 heteroatoms. The molecule has 1 rings (SSSR count). The molecule has 0 atom stereocenters. The molecule has 1 aromatic rings. The molecular weight excluding hydrogens is 119 g/mol. The van der Waals surface area contributed by atoms with Crippen molar-refractivity contribution in [2.45, 2.75) is 6.92 Å². The molecular formula is C7H6FO. The molecule has 0 heterocycles. The third-order valence-electron chi connectivity index (χ3n) is 1.16. The Balaban J connectivity index is 3.25. The van der Waals surface area contributed by atoms with Crippen molar-refractivity contribution < 1.29 is 9.50 Å². The maximum absolute atomic E-state index is 12.3. The van der Waals surface area contributed by atoms with Crippen LogP contribution in [0.2, 0.25) is 0 Å². The lowest BCUT2D eigenvalue weighted by molar-refractivity contribution is 0.327. The van der Waals surface area contributed by atoms with Gasteiger partial charge in [-0.15, -0.1) is 0 Å². The van der Waals surface area contributed by atoms with Gasteiger partial charge in [0, 0.05) is 0 Å². The van der Waals surface area contributed by atoms with E-state index in [9.17, 15) is 9.50 Å². The van der Waals surface area contributed by atoms with Gasteiger partial charge in [-0.2, -0.15) is 0 Å². The van der Waals surface area contributed by atoms with Crippen LogP contribution in [-0.2, 0) is 5.11 Å². The van der Waals surface area contributed by atoms with Gasteiger partial charge in [0.2, 0.25) is 5.75 Å². The van der Waals surface area contributed by atoms with Crippen LogP contribution in [0.15, 0.2) is 18.2 Å². The van der Waals surface area contributed by atoms with Gasteiger partial charge in [0.15, 0.2) is 5.82 Å². The van der Waals surface area contributed by atoms with Crippen molar-refractivity contribution in [3.8, 4) is 5.75 Å². The minimum atomic E-state index is -0.671. The van der Waals surface area contributed by atoms with E-state index in [0.29, 0.717) is 5.56 Å². The summed E-state index contributed by atoms with van der Waals surface area (Å²) >= 11 is 0. The summed E-state index contributed by atoms with van der Waals surface area (Å²) in [6, 6.07) is 4.27. The summed E-state index contributed by atoms with van der Waals surface area (Å²) in [4.78, 5) is 0. The van der Waals surface area contributed by atoms with Crippen LogP contribution in [-0.4, -0.2) is 0 Å². The number of rotatable bonds is 0. The summed E-state index contributed by atoms with van der Waals surface area (Å²) in [6.45, 7) is 1.59. The number of para-hydroxylation sites is 1. The zero-order chi connectivity index (χ0) is 6.85. The molecule has 0 aliphatic rings. The fourth-order valence-corrected chi connectivity index (χ4v) is 0.617. The average Bonchev–Trinajstić information content (AvgIpc) is 1.83. The van der Waals surface area contributed by atoms with Crippen LogP contribution < -0.4 is 0 Å². The lowest BCUT2D eigenvalue weighted by atomic mass is 10.2. The van der Waals surface area contributed by atoms with Crippen LogP contribution in [0.1, 0.15) is 5.56 Å². The average molecular weight is 125 g/mol. The van der Waals surface area contributed by atoms with E-state index in [1.54, 1.807) is 13.0 Å². The quantitative estimate of drug-likeness (QED) is 0.507. The number of hydrogen-bond donors (Lipinski definition) is 0. The van der Waals surface area contributed by atoms with Gasteiger partial charge < -0.3 is 0 Å². The largest absolute Gasteiger partial charge is 0.286 e. The third-order valence-corrected chi connectivity index (χ3v) is 1.16. The minimum Gasteiger partial charge on any atom is -0.286 e. The van der Waals surface area contributed by atoms with Crippen molar-refractivity contribution in [1.29, 1.82) is 0 Å². The standard InChI is InChI=1S/C7H6FO/c1-5-3-2-4-6(8)7(5)9/h2-4H,1H3. The summed E-state index contributed by atoms with van der Waals surface area (Å²) in [7, 11) is 0. The summed E-state index contributed by atoms with van der Waals surface area (Å²) in [5, 5.41) is 10.6. The van der Waals surface area contributed by atoms with E-state index < -0.39 is 11.6 Å². The predicted molar refractivity (Wildman–Crippen MR) is 31.3 cm³/mol. The smallest absolute Gasteiger partial charge is 0.217 e. The number of halogens is 1. The zero-order valence-electron chi connectivity index (χ0n) is 5.02. The maximum atomic E-state index is 12.3. The molecule has 9 heavy (non-hydrogen) atoms. The number of aryl methyl sites for hydroxylation is 1. The first-order valence-corrected chi connectivity index (χ1v) is 2.64. The molecule has 0 saturated carbocycles. The molecule has 0 saturated heterocycles. The number of hydrogen-bond acceptors (Lipinski definition) is 0. The Kier molecular flexibility index (Phi) is 1.39. The fraction of sp³-hybridized carbons (Fsp3) is 0.143. The first-order valence-electron chi connectivity index (χ1n) is 2.64. The lowest BCUT2D eigenvalue weighted by Gasteiger charge is -1.92. The highest BCUT2D eigenvalue weighted by atomic mass is 19.1. The molecule has 0 amide bonds. The van der Waals surface area contributed by atoms with Gasteiger partial charge in [0.25, 0.3) is 0 Å². The van der Waals surface area contributed by atoms with Gasteiger partial charge in [0.05, 0.1) is 0 Å². The Bertz CT molecular complexity index is 200. The summed E-state index contributed by atoms with van der Waals surface area (Å²) in [6.07, 6.45) is 0. The Morgan fingerprint density at radius 3 is 2.56 bits per heavy atom. The van der Waals surface area contributed by atoms with Gasteiger partial charge in [-0.25, -0.2) is 4.39 Å². The van der Waals surface area contributed by atoms with Crippen LogP contribution in [0.3, 0.4) is 0 Å². The van der Waals surface area contributed by atoms with E-state index in [1.165, 1.54) is 6.07 Å². The van der Waals surface area contributed by atoms with Gasteiger partial charge in [-0.1, -0.05) is 12.1 Å². The first kappa shape index (κ1) is 6.08. The minimum absolute atomic E-state index is 0.454. The Morgan fingerprint density at radius 1 is 1.44 bits per heavy atom. The first-order chi connectivity index (χ1) is 4.22. The monoisotopic (exact) mass is 125 g/mol. The lowest BCUT2D eigenvalue weighted by Crippen LogP contribution is -1.76. The van der Waals surface area contributed by atoms with Crippen LogP contribution in [0.25, 0.3) is 0 Å². The van der Waals surface area contributed by atoms with Crippen LogP contribution >= 0.6 is 0 Å². The topological polar surface area (TPSA) is 19.9 Å². The zero-order valence-corrected chi connectivity index (χ0v) is 5.02. The van der Waals surface area contributed by atoms with Crippen molar-refractivity contribution in [3.05, 3.63) is 29.6 Å². The van der Waals surface area contributed by atoms with E-state index in [2.05, 4.69) is 0 Å². The maximum Gasteiger partial charge on any atom is 0.217 e. The van der Waals surface area contributed by atoms with Crippen LogP contribution in [0, 0.1) is 12.7 Å².